The Hall–Kier alpha value is -1.40. The van der Waals surface area contributed by atoms with E-state index in [2.05, 4.69) is 14.9 Å². The lowest BCUT2D eigenvalue weighted by molar-refractivity contribution is 0.121. The Bertz CT molecular complexity index is 429. The molecule has 0 radical (unpaired) electrons. The van der Waals surface area contributed by atoms with E-state index in [0.29, 0.717) is 11.9 Å². The molecule has 0 amide bonds. The average molecular weight is 278 g/mol. The minimum atomic E-state index is 0.238. The smallest absolute Gasteiger partial charge is 0.228 e. The van der Waals surface area contributed by atoms with E-state index in [9.17, 15) is 0 Å². The molecular weight excluding hydrogens is 256 g/mol. The normalized spacial score (nSPS) is 27.4. The highest BCUT2D eigenvalue weighted by molar-refractivity contribution is 5.32. The summed E-state index contributed by atoms with van der Waals surface area (Å²) >= 11 is 0. The third-order valence-electron chi connectivity index (χ3n) is 3.92. The zero-order chi connectivity index (χ0) is 13.8. The Balaban J connectivity index is 1.62. The number of aromatic nitrogens is 2. The molecule has 1 saturated heterocycles. The van der Waals surface area contributed by atoms with Gasteiger partial charge in [0.15, 0.2) is 0 Å². The third-order valence-corrected chi connectivity index (χ3v) is 3.92. The highest BCUT2D eigenvalue weighted by Crippen LogP contribution is 2.22. The SMILES string of the molecule is N[C@H]1CC[C@H](Oc2ccnc(N3CCOCC3)n2)CC1. The van der Waals surface area contributed by atoms with Crippen LogP contribution in [0.4, 0.5) is 5.95 Å². The first-order chi connectivity index (χ1) is 9.81. The Morgan fingerprint density at radius 1 is 1.20 bits per heavy atom. The van der Waals surface area contributed by atoms with Crippen molar-refractivity contribution in [2.45, 2.75) is 37.8 Å². The minimum absolute atomic E-state index is 0.238. The molecule has 1 aromatic rings. The summed E-state index contributed by atoms with van der Waals surface area (Å²) in [5.41, 5.74) is 5.91. The Labute approximate surface area is 119 Å². The molecule has 6 nitrogen and oxygen atoms in total. The van der Waals surface area contributed by atoms with E-state index in [1.54, 1.807) is 6.20 Å². The maximum absolute atomic E-state index is 5.97. The Kier molecular flexibility index (Phi) is 4.32. The van der Waals surface area contributed by atoms with E-state index in [1.165, 1.54) is 0 Å². The van der Waals surface area contributed by atoms with Gasteiger partial charge in [0.1, 0.15) is 6.10 Å². The maximum atomic E-state index is 5.97. The Morgan fingerprint density at radius 3 is 2.70 bits per heavy atom. The quantitative estimate of drug-likeness (QED) is 0.888. The van der Waals surface area contributed by atoms with Crippen LogP contribution in [0.5, 0.6) is 5.88 Å². The number of hydrogen-bond acceptors (Lipinski definition) is 6. The highest BCUT2D eigenvalue weighted by Gasteiger charge is 2.21. The number of nitrogens with zero attached hydrogens (tertiary/aromatic N) is 3. The van der Waals surface area contributed by atoms with Crippen LogP contribution in [0.3, 0.4) is 0 Å². The second kappa shape index (κ2) is 6.37. The van der Waals surface area contributed by atoms with E-state index in [4.69, 9.17) is 15.2 Å². The van der Waals surface area contributed by atoms with Crippen LogP contribution in [0.2, 0.25) is 0 Å². The van der Waals surface area contributed by atoms with Crippen molar-refractivity contribution in [3.8, 4) is 5.88 Å². The van der Waals surface area contributed by atoms with Crippen molar-refractivity contribution < 1.29 is 9.47 Å². The molecular formula is C14H22N4O2. The van der Waals surface area contributed by atoms with E-state index in [1.807, 2.05) is 6.07 Å². The van der Waals surface area contributed by atoms with Gasteiger partial charge in [-0.05, 0) is 25.7 Å². The van der Waals surface area contributed by atoms with Crippen LogP contribution >= 0.6 is 0 Å². The van der Waals surface area contributed by atoms with Crippen LogP contribution in [-0.4, -0.2) is 48.4 Å². The molecule has 6 heteroatoms. The number of ether oxygens (including phenoxy) is 2. The largest absolute Gasteiger partial charge is 0.474 e. The van der Waals surface area contributed by atoms with Crippen molar-refractivity contribution in [1.29, 1.82) is 0 Å². The molecule has 1 saturated carbocycles. The summed E-state index contributed by atoms with van der Waals surface area (Å²) in [5.74, 6) is 1.40. The fourth-order valence-electron chi connectivity index (χ4n) is 2.69. The fourth-order valence-corrected chi connectivity index (χ4v) is 2.69. The molecule has 0 unspecified atom stereocenters. The van der Waals surface area contributed by atoms with Crippen LogP contribution in [0.25, 0.3) is 0 Å². The minimum Gasteiger partial charge on any atom is -0.474 e. The first-order valence-electron chi connectivity index (χ1n) is 7.39. The van der Waals surface area contributed by atoms with Crippen molar-refractivity contribution in [2.75, 3.05) is 31.2 Å². The number of nitrogens with two attached hydrogens (primary N) is 1. The van der Waals surface area contributed by atoms with Gasteiger partial charge in [-0.1, -0.05) is 0 Å². The fraction of sp³-hybridized carbons (Fsp3) is 0.714. The summed E-state index contributed by atoms with van der Waals surface area (Å²) in [6.07, 6.45) is 6.10. The van der Waals surface area contributed by atoms with Gasteiger partial charge in [0.2, 0.25) is 11.8 Å². The number of morpholine rings is 1. The van der Waals surface area contributed by atoms with Gasteiger partial charge in [0, 0.05) is 31.4 Å². The van der Waals surface area contributed by atoms with Crippen LogP contribution in [-0.2, 0) is 4.74 Å². The number of rotatable bonds is 3. The molecule has 2 fully saturated rings. The van der Waals surface area contributed by atoms with Crippen molar-refractivity contribution in [2.24, 2.45) is 5.73 Å². The molecule has 1 aromatic heterocycles. The van der Waals surface area contributed by atoms with Crippen molar-refractivity contribution in [3.05, 3.63) is 12.3 Å². The molecule has 2 aliphatic rings. The van der Waals surface area contributed by atoms with Gasteiger partial charge >= 0.3 is 0 Å². The summed E-state index contributed by atoms with van der Waals surface area (Å²) < 4.78 is 11.3. The molecule has 2 heterocycles. The zero-order valence-electron chi connectivity index (χ0n) is 11.7. The number of anilines is 1. The molecule has 0 spiro atoms. The van der Waals surface area contributed by atoms with Gasteiger partial charge in [-0.15, -0.1) is 0 Å². The molecule has 3 rings (SSSR count). The topological polar surface area (TPSA) is 73.5 Å². The van der Waals surface area contributed by atoms with Crippen molar-refractivity contribution in [3.63, 3.8) is 0 Å². The maximum Gasteiger partial charge on any atom is 0.228 e. The van der Waals surface area contributed by atoms with Gasteiger partial charge in [-0.3, -0.25) is 0 Å². The zero-order valence-corrected chi connectivity index (χ0v) is 11.7. The van der Waals surface area contributed by atoms with Crippen LogP contribution in [0, 0.1) is 0 Å². The summed E-state index contributed by atoms with van der Waals surface area (Å²) in [5, 5.41) is 0. The van der Waals surface area contributed by atoms with Gasteiger partial charge in [-0.25, -0.2) is 4.98 Å². The molecule has 0 bridgehead atoms. The van der Waals surface area contributed by atoms with Crippen LogP contribution < -0.4 is 15.4 Å². The first-order valence-corrected chi connectivity index (χ1v) is 7.39. The van der Waals surface area contributed by atoms with Crippen molar-refractivity contribution >= 4 is 5.95 Å². The molecule has 1 aliphatic carbocycles. The van der Waals surface area contributed by atoms with Crippen LogP contribution in [0.1, 0.15) is 25.7 Å². The molecule has 110 valence electrons. The monoisotopic (exact) mass is 278 g/mol. The predicted molar refractivity (Wildman–Crippen MR) is 75.9 cm³/mol. The van der Waals surface area contributed by atoms with E-state index in [-0.39, 0.29) is 6.10 Å². The summed E-state index contributed by atoms with van der Waals surface area (Å²) in [6, 6.07) is 2.17. The lowest BCUT2D eigenvalue weighted by Gasteiger charge is -2.28. The molecule has 20 heavy (non-hydrogen) atoms. The van der Waals surface area contributed by atoms with Gasteiger partial charge in [-0.2, -0.15) is 4.98 Å². The average Bonchev–Trinajstić information content (AvgIpc) is 2.51. The molecule has 1 aliphatic heterocycles. The second-order valence-electron chi connectivity index (χ2n) is 5.45. The predicted octanol–water partition coefficient (Wildman–Crippen LogP) is 0.962. The van der Waals surface area contributed by atoms with Crippen molar-refractivity contribution in [1.82, 2.24) is 9.97 Å². The molecule has 2 N–H and O–H groups in total. The van der Waals surface area contributed by atoms with Gasteiger partial charge in [0.25, 0.3) is 0 Å². The summed E-state index contributed by atoms with van der Waals surface area (Å²) in [4.78, 5) is 11.0. The first kappa shape index (κ1) is 13.6. The Morgan fingerprint density at radius 2 is 1.95 bits per heavy atom. The standard InChI is InChI=1S/C14H22N4O2/c15-11-1-3-12(4-2-11)20-13-5-6-16-14(17-13)18-7-9-19-10-8-18/h5-6,11-12H,1-4,7-10,15H2/t11-,12-. The third kappa shape index (κ3) is 3.37. The second-order valence-corrected chi connectivity index (χ2v) is 5.45. The summed E-state index contributed by atoms with van der Waals surface area (Å²) in [6.45, 7) is 3.13. The van der Waals surface area contributed by atoms with E-state index in [0.717, 1.165) is 57.9 Å². The van der Waals surface area contributed by atoms with Crippen LogP contribution in [0.15, 0.2) is 12.3 Å². The summed E-state index contributed by atoms with van der Waals surface area (Å²) in [7, 11) is 0. The van der Waals surface area contributed by atoms with Gasteiger partial charge < -0.3 is 20.1 Å². The lowest BCUT2D eigenvalue weighted by atomic mass is 9.94. The number of hydrogen-bond donors (Lipinski definition) is 1. The highest BCUT2D eigenvalue weighted by atomic mass is 16.5. The molecule has 0 aromatic carbocycles. The van der Waals surface area contributed by atoms with E-state index < -0.39 is 0 Å². The van der Waals surface area contributed by atoms with E-state index >= 15 is 0 Å². The lowest BCUT2D eigenvalue weighted by Crippen LogP contribution is -2.37. The van der Waals surface area contributed by atoms with Gasteiger partial charge in [0.05, 0.1) is 13.2 Å². The molecule has 0 atom stereocenters.